The van der Waals surface area contributed by atoms with Crippen molar-refractivity contribution in [1.29, 1.82) is 0 Å². The molecule has 0 spiro atoms. The van der Waals surface area contributed by atoms with E-state index in [4.69, 9.17) is 10.2 Å². The average molecular weight is 206 g/mol. The Morgan fingerprint density at radius 1 is 0.933 bits per heavy atom. The van der Waals surface area contributed by atoms with Crippen LogP contribution in [0, 0.1) is 35.5 Å². The van der Waals surface area contributed by atoms with Gasteiger partial charge in [0.25, 0.3) is 0 Å². The fraction of sp³-hybridized carbons (Fsp3) is 0.636. The minimum Gasteiger partial charge on any atom is -0.478 e. The van der Waals surface area contributed by atoms with Gasteiger partial charge in [-0.25, -0.2) is 9.59 Å². The van der Waals surface area contributed by atoms with Gasteiger partial charge in [0, 0.05) is 0 Å². The van der Waals surface area contributed by atoms with Crippen molar-refractivity contribution in [2.45, 2.75) is 6.42 Å². The van der Waals surface area contributed by atoms with E-state index in [1.54, 1.807) is 0 Å². The second kappa shape index (κ2) is 1.96. The summed E-state index contributed by atoms with van der Waals surface area (Å²) in [5.41, 5.74) is 0.470. The normalized spacial score (nSPS) is 52.5. The van der Waals surface area contributed by atoms with Gasteiger partial charge in [-0.05, 0) is 41.9 Å². The highest BCUT2D eigenvalue weighted by molar-refractivity contribution is 6.02. The summed E-state index contributed by atoms with van der Waals surface area (Å²) in [5, 5.41) is 18.2. The Bertz CT molecular complexity index is 412. The second-order valence-electron chi connectivity index (χ2n) is 5.21. The lowest BCUT2D eigenvalue weighted by Crippen LogP contribution is -2.18. The minimum absolute atomic E-state index is 0.0774. The van der Waals surface area contributed by atoms with Crippen molar-refractivity contribution >= 4 is 11.9 Å². The summed E-state index contributed by atoms with van der Waals surface area (Å²) < 4.78 is 0. The zero-order valence-corrected chi connectivity index (χ0v) is 7.88. The van der Waals surface area contributed by atoms with Crippen molar-refractivity contribution in [2.24, 2.45) is 35.5 Å². The van der Waals surface area contributed by atoms with Crippen molar-refractivity contribution in [3.63, 3.8) is 0 Å². The van der Waals surface area contributed by atoms with E-state index in [0.717, 1.165) is 6.42 Å². The molecule has 0 aliphatic heterocycles. The van der Waals surface area contributed by atoms with Crippen LogP contribution in [0.3, 0.4) is 0 Å². The molecule has 0 radical (unpaired) electrons. The first-order chi connectivity index (χ1) is 7.13. The van der Waals surface area contributed by atoms with Crippen molar-refractivity contribution in [1.82, 2.24) is 0 Å². The lowest BCUT2D eigenvalue weighted by Gasteiger charge is -2.12. The van der Waals surface area contributed by atoms with Crippen LogP contribution in [0.25, 0.3) is 0 Å². The molecule has 4 saturated carbocycles. The molecule has 4 heteroatoms. The lowest BCUT2D eigenvalue weighted by atomic mass is 9.92. The quantitative estimate of drug-likeness (QED) is 0.693. The maximum Gasteiger partial charge on any atom is 0.332 e. The third-order valence-electron chi connectivity index (χ3n) is 5.01. The molecule has 4 fully saturated rings. The smallest absolute Gasteiger partial charge is 0.332 e. The molecule has 5 aliphatic rings. The molecular weight excluding hydrogens is 196 g/mol. The molecule has 0 unspecified atom stereocenters. The van der Waals surface area contributed by atoms with Gasteiger partial charge in [-0.1, -0.05) is 0 Å². The van der Waals surface area contributed by atoms with Gasteiger partial charge in [0.1, 0.15) is 0 Å². The van der Waals surface area contributed by atoms with E-state index in [1.165, 1.54) is 0 Å². The highest BCUT2D eigenvalue weighted by Gasteiger charge is 2.79. The summed E-state index contributed by atoms with van der Waals surface area (Å²) in [6, 6.07) is 0. The van der Waals surface area contributed by atoms with Crippen LogP contribution in [-0.4, -0.2) is 22.2 Å². The van der Waals surface area contributed by atoms with Crippen molar-refractivity contribution in [2.75, 3.05) is 0 Å². The van der Waals surface area contributed by atoms with Gasteiger partial charge < -0.3 is 10.2 Å². The SMILES string of the molecule is O=C(O)C1=C(C(=O)O)[C@@H]2C3CC4[C@H]([C@@H]42)[C@H]13. The summed E-state index contributed by atoms with van der Waals surface area (Å²) in [4.78, 5) is 22.2. The molecule has 5 rings (SSSR count). The molecule has 5 aliphatic carbocycles. The van der Waals surface area contributed by atoms with Gasteiger partial charge in [0.05, 0.1) is 11.1 Å². The number of carboxylic acid groups (broad SMARTS) is 2. The molecule has 0 aromatic carbocycles. The van der Waals surface area contributed by atoms with Gasteiger partial charge in [-0.15, -0.1) is 0 Å². The Morgan fingerprint density at radius 3 is 1.73 bits per heavy atom. The van der Waals surface area contributed by atoms with Crippen LogP contribution in [0.15, 0.2) is 11.1 Å². The number of hydrogen-bond donors (Lipinski definition) is 2. The molecule has 4 atom stereocenters. The summed E-state index contributed by atoms with van der Waals surface area (Å²) in [6.07, 6.45) is 1.07. The zero-order chi connectivity index (χ0) is 10.5. The van der Waals surface area contributed by atoms with E-state index in [-0.39, 0.29) is 23.0 Å². The minimum atomic E-state index is -1.00. The summed E-state index contributed by atoms with van der Waals surface area (Å²) >= 11 is 0. The van der Waals surface area contributed by atoms with Crippen LogP contribution >= 0.6 is 0 Å². The molecule has 6 bridgehead atoms. The third kappa shape index (κ3) is 0.610. The largest absolute Gasteiger partial charge is 0.478 e. The van der Waals surface area contributed by atoms with E-state index in [1.807, 2.05) is 0 Å². The molecule has 4 nitrogen and oxygen atoms in total. The Hall–Kier alpha value is -1.32. The van der Waals surface area contributed by atoms with Gasteiger partial charge >= 0.3 is 11.9 Å². The fourth-order valence-electron chi connectivity index (χ4n) is 4.84. The maximum atomic E-state index is 11.1. The maximum absolute atomic E-state index is 11.1. The Kier molecular flexibility index (Phi) is 1.03. The molecule has 0 heterocycles. The standard InChI is InChI=1S/C11H10O4/c12-10(13)8-6-3-1-2-4(6)5(2)7(3)9(8)11(14)15/h2-7H,1H2,(H,12,13)(H,14,15)/t2?,3?,4-,5-,6-,7-/m1/s1. The monoisotopic (exact) mass is 206 g/mol. The molecule has 15 heavy (non-hydrogen) atoms. The van der Waals surface area contributed by atoms with Crippen molar-refractivity contribution in [3.8, 4) is 0 Å². The van der Waals surface area contributed by atoms with Crippen LogP contribution in [0.2, 0.25) is 0 Å². The average Bonchev–Trinajstić information content (AvgIpc) is 2.55. The molecule has 0 amide bonds. The van der Waals surface area contributed by atoms with E-state index >= 15 is 0 Å². The van der Waals surface area contributed by atoms with E-state index in [9.17, 15) is 9.59 Å². The van der Waals surface area contributed by atoms with E-state index < -0.39 is 11.9 Å². The number of hydrogen-bond acceptors (Lipinski definition) is 2. The van der Waals surface area contributed by atoms with Crippen molar-refractivity contribution < 1.29 is 19.8 Å². The lowest BCUT2D eigenvalue weighted by molar-refractivity contribution is -0.136. The molecule has 0 saturated heterocycles. The molecule has 78 valence electrons. The second-order valence-corrected chi connectivity index (χ2v) is 5.21. The number of carbonyl (C=O) groups is 2. The van der Waals surface area contributed by atoms with E-state index in [2.05, 4.69) is 0 Å². The first-order valence-corrected chi connectivity index (χ1v) is 5.33. The number of aliphatic carboxylic acids is 2. The highest BCUT2D eigenvalue weighted by Crippen LogP contribution is 2.81. The third-order valence-corrected chi connectivity index (χ3v) is 5.01. The van der Waals surface area contributed by atoms with Crippen LogP contribution in [0.1, 0.15) is 6.42 Å². The van der Waals surface area contributed by atoms with Gasteiger partial charge in [0.2, 0.25) is 0 Å². The molecule has 0 aromatic rings. The molecular formula is C11H10O4. The van der Waals surface area contributed by atoms with Crippen LogP contribution in [-0.2, 0) is 9.59 Å². The summed E-state index contributed by atoms with van der Waals surface area (Å²) in [6.45, 7) is 0. The first kappa shape index (κ1) is 7.91. The molecule has 0 aromatic heterocycles. The summed E-state index contributed by atoms with van der Waals surface area (Å²) in [5.74, 6) is 0.191. The Morgan fingerprint density at radius 2 is 1.40 bits per heavy atom. The van der Waals surface area contributed by atoms with Crippen LogP contribution in [0.5, 0.6) is 0 Å². The van der Waals surface area contributed by atoms with Crippen LogP contribution in [0.4, 0.5) is 0 Å². The summed E-state index contributed by atoms with van der Waals surface area (Å²) in [7, 11) is 0. The van der Waals surface area contributed by atoms with E-state index in [0.29, 0.717) is 23.7 Å². The highest BCUT2D eigenvalue weighted by atomic mass is 16.4. The Balaban J connectivity index is 1.92. The number of rotatable bonds is 2. The fourth-order valence-corrected chi connectivity index (χ4v) is 4.84. The zero-order valence-electron chi connectivity index (χ0n) is 7.88. The van der Waals surface area contributed by atoms with Crippen molar-refractivity contribution in [3.05, 3.63) is 11.1 Å². The predicted molar refractivity (Wildman–Crippen MR) is 47.9 cm³/mol. The Labute approximate surface area is 85.6 Å². The van der Waals surface area contributed by atoms with Gasteiger partial charge in [0.15, 0.2) is 0 Å². The number of carboxylic acids is 2. The van der Waals surface area contributed by atoms with Crippen LogP contribution < -0.4 is 0 Å². The predicted octanol–water partition coefficient (Wildman–Crippen LogP) is 0.594. The first-order valence-electron chi connectivity index (χ1n) is 5.33. The van der Waals surface area contributed by atoms with Gasteiger partial charge in [-0.3, -0.25) is 0 Å². The topological polar surface area (TPSA) is 74.6 Å². The van der Waals surface area contributed by atoms with Gasteiger partial charge in [-0.2, -0.15) is 0 Å². The molecule has 2 N–H and O–H groups in total.